The number of aromatic nitrogens is 2. The monoisotopic (exact) mass is 486 g/mol. The van der Waals surface area contributed by atoms with E-state index in [9.17, 15) is 14.4 Å². The molecule has 0 spiro atoms. The van der Waals surface area contributed by atoms with E-state index in [1.807, 2.05) is 0 Å². The molecule has 9 heteroatoms. The number of nitrogens with zero attached hydrogens (tertiary/aromatic N) is 4. The van der Waals surface area contributed by atoms with Crippen molar-refractivity contribution in [2.75, 3.05) is 33.2 Å². The van der Waals surface area contributed by atoms with Gasteiger partial charge in [0.15, 0.2) is 5.69 Å². The Bertz CT molecular complexity index is 899. The van der Waals surface area contributed by atoms with Crippen LogP contribution in [0.2, 0.25) is 0 Å². The summed E-state index contributed by atoms with van der Waals surface area (Å²) in [6.07, 6.45) is 12.7. The van der Waals surface area contributed by atoms with Gasteiger partial charge in [0.2, 0.25) is 5.91 Å². The first-order valence-electron chi connectivity index (χ1n) is 13.6. The summed E-state index contributed by atoms with van der Waals surface area (Å²) in [5.74, 6) is -0.716. The van der Waals surface area contributed by atoms with Gasteiger partial charge in [0.05, 0.1) is 6.54 Å². The van der Waals surface area contributed by atoms with E-state index < -0.39 is 5.54 Å². The van der Waals surface area contributed by atoms with Gasteiger partial charge in [0, 0.05) is 25.7 Å². The van der Waals surface area contributed by atoms with Crippen LogP contribution in [0.25, 0.3) is 0 Å². The molecule has 4 rings (SSSR count). The Morgan fingerprint density at radius 2 is 1.71 bits per heavy atom. The van der Waals surface area contributed by atoms with E-state index in [0.29, 0.717) is 12.2 Å². The first-order valence-corrected chi connectivity index (χ1v) is 13.6. The van der Waals surface area contributed by atoms with Crippen LogP contribution >= 0.6 is 0 Å². The highest BCUT2D eigenvalue weighted by Gasteiger charge is 2.46. The number of carbonyl (C=O) groups excluding carboxylic acids is 3. The summed E-state index contributed by atoms with van der Waals surface area (Å²) in [6.45, 7) is 5.86. The van der Waals surface area contributed by atoms with E-state index >= 15 is 0 Å². The zero-order chi connectivity index (χ0) is 24.8. The molecular formula is C26H42N6O3. The summed E-state index contributed by atoms with van der Waals surface area (Å²) in [4.78, 5) is 43.2. The van der Waals surface area contributed by atoms with Crippen LogP contribution in [0.15, 0.2) is 6.07 Å². The maximum Gasteiger partial charge on any atom is 0.272 e. The third kappa shape index (κ3) is 6.05. The van der Waals surface area contributed by atoms with Gasteiger partial charge in [0.1, 0.15) is 11.2 Å². The largest absolute Gasteiger partial charge is 0.351 e. The van der Waals surface area contributed by atoms with Crippen LogP contribution in [0.5, 0.6) is 0 Å². The zero-order valence-electron chi connectivity index (χ0n) is 21.5. The lowest BCUT2D eigenvalue weighted by Gasteiger charge is -2.41. The fourth-order valence-electron chi connectivity index (χ4n) is 5.56. The number of likely N-dealkylation sites (tertiary alicyclic amines) is 1. The lowest BCUT2D eigenvalue weighted by Crippen LogP contribution is -2.63. The van der Waals surface area contributed by atoms with Gasteiger partial charge >= 0.3 is 0 Å². The van der Waals surface area contributed by atoms with Crippen molar-refractivity contribution in [1.82, 2.24) is 30.2 Å². The van der Waals surface area contributed by atoms with Gasteiger partial charge < -0.3 is 20.4 Å². The van der Waals surface area contributed by atoms with Crippen molar-refractivity contribution in [3.05, 3.63) is 17.5 Å². The molecular weight excluding hydrogens is 444 g/mol. The number of likely N-dealkylation sites (N-methyl/N-ethyl adjacent to an activating group) is 1. The standard InChI is InChI=1S/C26H42N6O3/c1-26(25(35)28-20-12-7-3-4-8-13-20)19-32-22(24(34)30(26)2)18-21(29-32)23(33)27-14-11-17-31-15-9-5-6-10-16-31/h18,20H,3-17,19H2,1-2H3,(H,27,33)(H,28,35)/t26-/m0/s1. The smallest absolute Gasteiger partial charge is 0.272 e. The average molecular weight is 487 g/mol. The topological polar surface area (TPSA) is 99.6 Å². The fraction of sp³-hybridized carbons (Fsp3) is 0.769. The lowest BCUT2D eigenvalue weighted by molar-refractivity contribution is -0.133. The van der Waals surface area contributed by atoms with Crippen molar-refractivity contribution in [3.63, 3.8) is 0 Å². The van der Waals surface area contributed by atoms with Gasteiger partial charge in [-0.2, -0.15) is 5.10 Å². The molecule has 0 bridgehead atoms. The minimum atomic E-state index is -1.05. The Morgan fingerprint density at radius 3 is 2.40 bits per heavy atom. The van der Waals surface area contributed by atoms with Crippen LogP contribution in [-0.4, -0.2) is 82.1 Å². The van der Waals surface area contributed by atoms with Gasteiger partial charge in [-0.25, -0.2) is 0 Å². The second kappa shape index (κ2) is 11.5. The molecule has 1 saturated heterocycles. The molecule has 0 radical (unpaired) electrons. The van der Waals surface area contributed by atoms with Gasteiger partial charge in [-0.05, 0) is 58.7 Å². The number of nitrogens with one attached hydrogen (secondary N) is 2. The maximum atomic E-state index is 13.3. The lowest BCUT2D eigenvalue weighted by atomic mass is 9.95. The van der Waals surface area contributed by atoms with Crippen LogP contribution in [-0.2, 0) is 11.3 Å². The Labute approximate surface area is 209 Å². The molecule has 194 valence electrons. The number of hydrogen-bond donors (Lipinski definition) is 2. The van der Waals surface area contributed by atoms with Crippen LogP contribution in [0.1, 0.15) is 98.5 Å². The molecule has 0 aromatic carbocycles. The Morgan fingerprint density at radius 1 is 1.06 bits per heavy atom. The average Bonchev–Trinajstić information content (AvgIpc) is 3.01. The van der Waals surface area contributed by atoms with Gasteiger partial charge in [-0.15, -0.1) is 0 Å². The van der Waals surface area contributed by atoms with Crippen molar-refractivity contribution in [2.45, 2.75) is 95.7 Å². The van der Waals surface area contributed by atoms with Gasteiger partial charge in [-0.3, -0.25) is 19.1 Å². The van der Waals surface area contributed by atoms with E-state index in [1.165, 1.54) is 48.1 Å². The van der Waals surface area contributed by atoms with Crippen molar-refractivity contribution in [2.24, 2.45) is 0 Å². The van der Waals surface area contributed by atoms with Crippen molar-refractivity contribution in [1.29, 1.82) is 0 Å². The first kappa shape index (κ1) is 25.7. The molecule has 0 unspecified atom stereocenters. The van der Waals surface area contributed by atoms with Crippen LogP contribution in [0.3, 0.4) is 0 Å². The first-order chi connectivity index (χ1) is 16.9. The van der Waals surface area contributed by atoms with E-state index in [-0.39, 0.29) is 36.0 Å². The van der Waals surface area contributed by atoms with Crippen molar-refractivity contribution >= 4 is 17.7 Å². The predicted octanol–water partition coefficient (Wildman–Crippen LogP) is 2.56. The molecule has 3 heterocycles. The minimum Gasteiger partial charge on any atom is -0.351 e. The highest BCUT2D eigenvalue weighted by Crippen LogP contribution is 2.27. The third-order valence-electron chi connectivity index (χ3n) is 8.05. The highest BCUT2D eigenvalue weighted by molar-refractivity contribution is 6.01. The predicted molar refractivity (Wildman–Crippen MR) is 134 cm³/mol. The summed E-state index contributed by atoms with van der Waals surface area (Å²) in [5, 5.41) is 10.6. The summed E-state index contributed by atoms with van der Waals surface area (Å²) in [7, 11) is 1.66. The van der Waals surface area contributed by atoms with E-state index in [0.717, 1.165) is 51.7 Å². The Balaban J connectivity index is 1.34. The summed E-state index contributed by atoms with van der Waals surface area (Å²) >= 11 is 0. The normalized spacial score (nSPS) is 24.4. The summed E-state index contributed by atoms with van der Waals surface area (Å²) in [6, 6.07) is 1.70. The fourth-order valence-corrected chi connectivity index (χ4v) is 5.56. The Kier molecular flexibility index (Phi) is 8.46. The summed E-state index contributed by atoms with van der Waals surface area (Å²) < 4.78 is 1.53. The highest BCUT2D eigenvalue weighted by atomic mass is 16.2. The summed E-state index contributed by atoms with van der Waals surface area (Å²) in [5.41, 5.74) is -0.476. The van der Waals surface area contributed by atoms with Crippen molar-refractivity contribution < 1.29 is 14.4 Å². The number of fused-ring (bicyclic) bond motifs is 1. The van der Waals surface area contributed by atoms with E-state index in [2.05, 4.69) is 20.6 Å². The van der Waals surface area contributed by atoms with Crippen LogP contribution < -0.4 is 10.6 Å². The molecule has 35 heavy (non-hydrogen) atoms. The van der Waals surface area contributed by atoms with Gasteiger partial charge in [0.25, 0.3) is 11.8 Å². The maximum absolute atomic E-state index is 13.3. The van der Waals surface area contributed by atoms with E-state index in [1.54, 1.807) is 20.0 Å². The molecule has 2 aliphatic heterocycles. The SMILES string of the molecule is CN1C(=O)c2cc(C(=O)NCCCN3CCCCCC3)nn2C[C@@]1(C)C(=O)NC1CCCCCC1. The zero-order valence-corrected chi connectivity index (χ0v) is 21.5. The van der Waals surface area contributed by atoms with Crippen LogP contribution in [0, 0.1) is 0 Å². The van der Waals surface area contributed by atoms with Gasteiger partial charge in [-0.1, -0.05) is 38.5 Å². The second-order valence-corrected chi connectivity index (χ2v) is 10.7. The number of carbonyl (C=O) groups is 3. The number of hydrogen-bond acceptors (Lipinski definition) is 5. The third-order valence-corrected chi connectivity index (χ3v) is 8.05. The molecule has 3 aliphatic rings. The molecule has 2 N–H and O–H groups in total. The molecule has 2 fully saturated rings. The number of rotatable bonds is 7. The molecule has 1 aromatic heterocycles. The molecule has 1 atom stereocenters. The molecule has 9 nitrogen and oxygen atoms in total. The molecule has 3 amide bonds. The molecule has 1 aromatic rings. The molecule has 1 saturated carbocycles. The van der Waals surface area contributed by atoms with Crippen molar-refractivity contribution in [3.8, 4) is 0 Å². The molecule has 1 aliphatic carbocycles. The Hall–Kier alpha value is -2.42. The number of amides is 3. The van der Waals surface area contributed by atoms with E-state index in [4.69, 9.17) is 0 Å². The quantitative estimate of drug-likeness (QED) is 0.456. The van der Waals surface area contributed by atoms with Crippen LogP contribution in [0.4, 0.5) is 0 Å². The minimum absolute atomic E-state index is 0.152. The second-order valence-electron chi connectivity index (χ2n) is 10.7.